The average Bonchev–Trinajstić information content (AvgIpc) is 2.38. The molecule has 0 aromatic heterocycles. The van der Waals surface area contributed by atoms with Crippen molar-refractivity contribution in [2.75, 3.05) is 6.26 Å². The van der Waals surface area contributed by atoms with Crippen molar-refractivity contribution in [1.29, 1.82) is 0 Å². The van der Waals surface area contributed by atoms with E-state index in [1.807, 2.05) is 38.3 Å². The molecule has 1 atom stereocenters. The molecular weight excluding hydrogens is 274 g/mol. The summed E-state index contributed by atoms with van der Waals surface area (Å²) in [6.45, 7) is 3.81. The third-order valence-electron chi connectivity index (χ3n) is 3.09. The van der Waals surface area contributed by atoms with Gasteiger partial charge in [-0.15, -0.1) is 11.8 Å². The van der Waals surface area contributed by atoms with E-state index in [0.29, 0.717) is 18.4 Å². The summed E-state index contributed by atoms with van der Waals surface area (Å²) < 4.78 is 0. The molecule has 1 unspecified atom stereocenters. The third kappa shape index (κ3) is 5.25. The molecule has 0 aliphatic rings. The molecule has 0 spiro atoms. The molecule has 2 N–H and O–H groups in total. The topological polar surface area (TPSA) is 66.4 Å². The Morgan fingerprint density at radius 2 is 2.10 bits per heavy atom. The molecule has 0 radical (unpaired) electrons. The van der Waals surface area contributed by atoms with Crippen molar-refractivity contribution in [1.82, 2.24) is 5.32 Å². The highest BCUT2D eigenvalue weighted by Gasteiger charge is 2.13. The zero-order valence-electron chi connectivity index (χ0n) is 12.1. The number of carboxylic acids is 1. The first-order valence-electron chi connectivity index (χ1n) is 6.61. The number of carboxylic acid groups (broad SMARTS) is 1. The maximum Gasteiger partial charge on any atom is 0.303 e. The number of hydrogen-bond acceptors (Lipinski definition) is 3. The standard InChI is InChI=1S/C15H21NO3S/c1-10-7-8-12(20-3)9-13(10)15(19)16-11(2)5-4-6-14(17)18/h7-9,11H,4-6H2,1-3H3,(H,16,19)(H,17,18). The fourth-order valence-electron chi connectivity index (χ4n) is 1.91. The quantitative estimate of drug-likeness (QED) is 0.759. The monoisotopic (exact) mass is 295 g/mol. The number of hydrogen-bond donors (Lipinski definition) is 2. The van der Waals surface area contributed by atoms with E-state index in [-0.39, 0.29) is 18.4 Å². The molecule has 0 aliphatic carbocycles. The van der Waals surface area contributed by atoms with Crippen molar-refractivity contribution in [3.63, 3.8) is 0 Å². The van der Waals surface area contributed by atoms with E-state index in [1.165, 1.54) is 0 Å². The molecule has 4 nitrogen and oxygen atoms in total. The number of aryl methyl sites for hydroxylation is 1. The third-order valence-corrected chi connectivity index (χ3v) is 3.82. The Morgan fingerprint density at radius 3 is 2.70 bits per heavy atom. The number of carbonyl (C=O) groups excluding carboxylic acids is 1. The van der Waals surface area contributed by atoms with Crippen molar-refractivity contribution >= 4 is 23.6 Å². The first-order valence-corrected chi connectivity index (χ1v) is 7.83. The second-order valence-electron chi connectivity index (χ2n) is 4.84. The Labute approximate surface area is 124 Å². The average molecular weight is 295 g/mol. The van der Waals surface area contributed by atoms with Crippen LogP contribution in [-0.4, -0.2) is 29.3 Å². The normalized spacial score (nSPS) is 11.9. The lowest BCUT2D eigenvalue weighted by molar-refractivity contribution is -0.137. The zero-order valence-corrected chi connectivity index (χ0v) is 12.9. The maximum absolute atomic E-state index is 12.2. The van der Waals surface area contributed by atoms with Crippen LogP contribution in [0.5, 0.6) is 0 Å². The lowest BCUT2D eigenvalue weighted by Gasteiger charge is -2.15. The van der Waals surface area contributed by atoms with Crippen LogP contribution < -0.4 is 5.32 Å². The van der Waals surface area contributed by atoms with Crippen LogP contribution in [0.25, 0.3) is 0 Å². The molecule has 20 heavy (non-hydrogen) atoms. The lowest BCUT2D eigenvalue weighted by atomic mass is 10.1. The van der Waals surface area contributed by atoms with Gasteiger partial charge < -0.3 is 10.4 Å². The number of rotatable bonds is 7. The van der Waals surface area contributed by atoms with E-state index in [0.717, 1.165) is 10.5 Å². The SMILES string of the molecule is CSc1ccc(C)c(C(=O)NC(C)CCCC(=O)O)c1. The smallest absolute Gasteiger partial charge is 0.303 e. The minimum absolute atomic E-state index is 0.0285. The second-order valence-corrected chi connectivity index (χ2v) is 5.72. The van der Waals surface area contributed by atoms with E-state index >= 15 is 0 Å². The largest absolute Gasteiger partial charge is 0.481 e. The Morgan fingerprint density at radius 1 is 1.40 bits per heavy atom. The summed E-state index contributed by atoms with van der Waals surface area (Å²) in [6, 6.07) is 5.79. The van der Waals surface area contributed by atoms with Crippen LogP contribution in [0.2, 0.25) is 0 Å². The van der Waals surface area contributed by atoms with Crippen LogP contribution in [0.4, 0.5) is 0 Å². The summed E-state index contributed by atoms with van der Waals surface area (Å²) in [6.07, 6.45) is 3.35. The maximum atomic E-state index is 12.2. The van der Waals surface area contributed by atoms with Gasteiger partial charge >= 0.3 is 5.97 Å². The highest BCUT2D eigenvalue weighted by molar-refractivity contribution is 7.98. The summed E-state index contributed by atoms with van der Waals surface area (Å²) in [5.41, 5.74) is 1.62. The number of carbonyl (C=O) groups is 2. The Hall–Kier alpha value is -1.49. The highest BCUT2D eigenvalue weighted by Crippen LogP contribution is 2.19. The Kier molecular flexibility index (Phi) is 6.58. The number of nitrogens with one attached hydrogen (secondary N) is 1. The van der Waals surface area contributed by atoms with Gasteiger partial charge in [0.2, 0.25) is 0 Å². The van der Waals surface area contributed by atoms with Gasteiger partial charge in [-0.25, -0.2) is 0 Å². The van der Waals surface area contributed by atoms with Crippen molar-refractivity contribution in [2.45, 2.75) is 44.0 Å². The molecule has 1 amide bonds. The summed E-state index contributed by atoms with van der Waals surface area (Å²) in [7, 11) is 0. The molecule has 110 valence electrons. The predicted molar refractivity (Wildman–Crippen MR) is 81.4 cm³/mol. The minimum Gasteiger partial charge on any atom is -0.481 e. The number of benzene rings is 1. The fourth-order valence-corrected chi connectivity index (χ4v) is 2.35. The first kappa shape index (κ1) is 16.6. The summed E-state index contributed by atoms with van der Waals surface area (Å²) in [5, 5.41) is 11.5. The van der Waals surface area contributed by atoms with E-state index in [2.05, 4.69) is 5.32 Å². The zero-order chi connectivity index (χ0) is 15.1. The molecule has 0 aliphatic heterocycles. The molecule has 0 saturated carbocycles. The summed E-state index contributed by atoms with van der Waals surface area (Å²) >= 11 is 1.60. The fraction of sp³-hybridized carbons (Fsp3) is 0.467. The van der Waals surface area contributed by atoms with Crippen molar-refractivity contribution < 1.29 is 14.7 Å². The van der Waals surface area contributed by atoms with Crippen LogP contribution in [0, 0.1) is 6.92 Å². The number of aliphatic carboxylic acids is 1. The van der Waals surface area contributed by atoms with Gasteiger partial charge in [-0.3, -0.25) is 9.59 Å². The van der Waals surface area contributed by atoms with Gasteiger partial charge in [0.25, 0.3) is 5.91 Å². The van der Waals surface area contributed by atoms with Crippen LogP contribution in [-0.2, 0) is 4.79 Å². The van der Waals surface area contributed by atoms with Gasteiger partial charge in [0.15, 0.2) is 0 Å². The molecule has 1 aromatic carbocycles. The number of thioether (sulfide) groups is 1. The van der Waals surface area contributed by atoms with E-state index < -0.39 is 5.97 Å². The molecular formula is C15H21NO3S. The van der Waals surface area contributed by atoms with Gasteiger partial charge in [0, 0.05) is 22.9 Å². The van der Waals surface area contributed by atoms with Gasteiger partial charge in [-0.2, -0.15) is 0 Å². The molecule has 5 heteroatoms. The molecule has 0 saturated heterocycles. The van der Waals surface area contributed by atoms with Gasteiger partial charge in [-0.05, 0) is 50.6 Å². The van der Waals surface area contributed by atoms with Crippen molar-refractivity contribution in [3.8, 4) is 0 Å². The molecule has 1 rings (SSSR count). The Balaban J connectivity index is 2.59. The van der Waals surface area contributed by atoms with Crippen molar-refractivity contribution in [3.05, 3.63) is 29.3 Å². The van der Waals surface area contributed by atoms with E-state index in [4.69, 9.17) is 5.11 Å². The van der Waals surface area contributed by atoms with Gasteiger partial charge in [-0.1, -0.05) is 6.07 Å². The molecule has 1 aromatic rings. The molecule has 0 bridgehead atoms. The Bertz CT molecular complexity index is 488. The van der Waals surface area contributed by atoms with Gasteiger partial charge in [0.1, 0.15) is 0 Å². The number of amides is 1. The molecule has 0 fully saturated rings. The van der Waals surface area contributed by atoms with Crippen LogP contribution in [0.15, 0.2) is 23.1 Å². The first-order chi connectivity index (χ1) is 9.43. The minimum atomic E-state index is -0.799. The second kappa shape index (κ2) is 7.94. The summed E-state index contributed by atoms with van der Waals surface area (Å²) in [5.74, 6) is -0.895. The lowest BCUT2D eigenvalue weighted by Crippen LogP contribution is -2.33. The highest BCUT2D eigenvalue weighted by atomic mass is 32.2. The van der Waals surface area contributed by atoms with E-state index in [1.54, 1.807) is 11.8 Å². The van der Waals surface area contributed by atoms with Crippen LogP contribution in [0.1, 0.15) is 42.1 Å². The van der Waals surface area contributed by atoms with Gasteiger partial charge in [0.05, 0.1) is 0 Å². The van der Waals surface area contributed by atoms with E-state index in [9.17, 15) is 9.59 Å². The molecule has 0 heterocycles. The predicted octanol–water partition coefficient (Wildman–Crippen LogP) is 3.09. The van der Waals surface area contributed by atoms with Crippen molar-refractivity contribution in [2.24, 2.45) is 0 Å². The van der Waals surface area contributed by atoms with Crippen LogP contribution >= 0.6 is 11.8 Å². The van der Waals surface area contributed by atoms with Crippen LogP contribution in [0.3, 0.4) is 0 Å². The summed E-state index contributed by atoms with van der Waals surface area (Å²) in [4.78, 5) is 23.7.